The monoisotopic (exact) mass is 1060 g/mol. The number of carbonyl (C=O) groups excluding carboxylic acids is 1. The fraction of sp³-hybridized carbons (Fsp3) is 0.764. The summed E-state index contributed by atoms with van der Waals surface area (Å²) in [4.78, 5) is 43.3. The average molecular weight is 1060 g/mol. The summed E-state index contributed by atoms with van der Waals surface area (Å²) < 4.78 is 58.9. The van der Waals surface area contributed by atoms with Crippen LogP contribution in [0.15, 0.2) is 29.2 Å². The molecule has 1 aromatic carbocycles. The van der Waals surface area contributed by atoms with Gasteiger partial charge in [-0.1, -0.05) is 32.9 Å². The minimum absolute atomic E-state index is 0.151. The summed E-state index contributed by atoms with van der Waals surface area (Å²) in [7, 11) is 7.17. The van der Waals surface area contributed by atoms with Gasteiger partial charge in [0, 0.05) is 44.3 Å². The van der Waals surface area contributed by atoms with Crippen molar-refractivity contribution < 1.29 is 77.8 Å². The van der Waals surface area contributed by atoms with Gasteiger partial charge in [-0.25, -0.2) is 4.79 Å². The highest BCUT2D eigenvalue weighted by Gasteiger charge is 2.53. The number of likely N-dealkylation sites (N-methyl/N-ethyl adjacent to an activating group) is 2. The summed E-state index contributed by atoms with van der Waals surface area (Å²) in [6.07, 6.45) is -3.30. The maximum absolute atomic E-state index is 14.6. The third kappa shape index (κ3) is 13.6. The number of aliphatic hydroxyl groups is 4. The van der Waals surface area contributed by atoms with Crippen LogP contribution in [0.4, 0.5) is 0 Å². The van der Waals surface area contributed by atoms with Crippen LogP contribution in [-0.2, 0) is 49.2 Å². The van der Waals surface area contributed by atoms with Crippen LogP contribution >= 0.6 is 0 Å². The molecule has 3 saturated heterocycles. The molecule has 0 saturated carbocycles. The maximum atomic E-state index is 14.6. The quantitative estimate of drug-likeness (QED) is 0.125. The van der Waals surface area contributed by atoms with Gasteiger partial charge in [0.25, 0.3) is 0 Å². The smallest absolute Gasteiger partial charge is 0.341 e. The number of pyridine rings is 1. The number of aromatic carboxylic acids is 1. The molecule has 0 aliphatic carbocycles. The van der Waals surface area contributed by atoms with Crippen molar-refractivity contribution in [1.82, 2.24) is 14.4 Å². The Labute approximate surface area is 442 Å². The van der Waals surface area contributed by atoms with Crippen molar-refractivity contribution in [3.8, 4) is 5.75 Å². The number of aliphatic hydroxyl groups excluding tert-OH is 2. The van der Waals surface area contributed by atoms with Gasteiger partial charge < -0.3 is 82.5 Å². The summed E-state index contributed by atoms with van der Waals surface area (Å²) in [5.74, 6) is -3.55. The van der Waals surface area contributed by atoms with Gasteiger partial charge in [-0.2, -0.15) is 0 Å². The standard InChI is InChI=1S/C55H87N3O17/c1-15-41-55(10,66)47(61)34(6)57(13)28-30(2)26-53(8,65)48(75-52-45(60)39(56(11)12)23-31(3)71-52)32(4)46(33(5)51(64)73-41)74-42-27-54(9,67-14)49(35(7)72-42)70-22-21-68-19-16-17-36-24-37-43-40(25-36)69-20-18-58(43)29-38(44(37)59)50(62)63/h16-17,24-25,29-35,39,41-42,45-49,52,60-61,65-66H,15,18-23,26-28H2,1-14H3,(H,62,63)/t30-,31-,32+,33-,34-,35+,39+,41-,42?,45-,46+,47+,48-,49+,52+,53-,54-,55-/m1/s1. The molecule has 1 unspecified atom stereocenters. The SMILES string of the molecule is CC[C@H]1OC(=O)[C@H](C)[C@@H](OC2C[C@@](C)(OC)[C@@H](OCCOCC=Cc3cc4c5c(c3)c(=O)c(C(=O)O)cn5CCO4)[C@H](C)O2)[C@H](C)[C@@H](O[C@@H]2O[C@H](C)C[C@H](N(C)C)[C@H]2O)[C@](C)(O)C[C@@H](C)CN(C)[C@H](C)[C@H](O)[C@]1(C)O. The van der Waals surface area contributed by atoms with E-state index in [1.165, 1.54) is 13.1 Å². The largest absolute Gasteiger partial charge is 0.489 e. The van der Waals surface area contributed by atoms with Crippen molar-refractivity contribution in [3.63, 3.8) is 0 Å². The van der Waals surface area contributed by atoms with Gasteiger partial charge in [-0.3, -0.25) is 9.59 Å². The van der Waals surface area contributed by atoms with Crippen LogP contribution < -0.4 is 10.2 Å². The van der Waals surface area contributed by atoms with E-state index in [4.69, 9.17) is 42.6 Å². The van der Waals surface area contributed by atoms with Crippen molar-refractivity contribution in [1.29, 1.82) is 0 Å². The number of ether oxygens (including phenoxy) is 9. The van der Waals surface area contributed by atoms with Crippen LogP contribution in [0.1, 0.15) is 111 Å². The second-order valence-electron chi connectivity index (χ2n) is 22.6. The Morgan fingerprint density at radius 3 is 2.33 bits per heavy atom. The lowest BCUT2D eigenvalue weighted by Gasteiger charge is -2.49. The second kappa shape index (κ2) is 25.0. The molecule has 0 spiro atoms. The van der Waals surface area contributed by atoms with Crippen LogP contribution in [0, 0.1) is 17.8 Å². The Bertz CT molecular complexity index is 2340. The summed E-state index contributed by atoms with van der Waals surface area (Å²) in [5, 5.41) is 58.0. The zero-order chi connectivity index (χ0) is 55.5. The molecule has 3 fully saturated rings. The normalized spacial score (nSPS) is 38.8. The minimum Gasteiger partial charge on any atom is -0.489 e. The van der Waals surface area contributed by atoms with Crippen LogP contribution in [-0.4, -0.2) is 203 Å². The van der Waals surface area contributed by atoms with E-state index in [1.54, 1.807) is 63.7 Å². The molecule has 5 N–H and O–H groups in total. The molecule has 0 bridgehead atoms. The average Bonchev–Trinajstić information content (AvgIpc) is 3.34. The molecule has 424 valence electrons. The minimum atomic E-state index is -1.85. The van der Waals surface area contributed by atoms with Crippen LogP contribution in [0.5, 0.6) is 5.75 Å². The Balaban J connectivity index is 1.21. The van der Waals surface area contributed by atoms with Crippen molar-refractivity contribution >= 4 is 28.9 Å². The van der Waals surface area contributed by atoms with E-state index >= 15 is 0 Å². The molecule has 75 heavy (non-hydrogen) atoms. The molecule has 4 aliphatic rings. The fourth-order valence-corrected chi connectivity index (χ4v) is 11.9. The third-order valence-corrected chi connectivity index (χ3v) is 16.2. The summed E-state index contributed by atoms with van der Waals surface area (Å²) in [6.45, 7) is 19.6. The van der Waals surface area contributed by atoms with Gasteiger partial charge in [0.2, 0.25) is 5.43 Å². The molecule has 0 radical (unpaired) electrons. The van der Waals surface area contributed by atoms with Crippen molar-refractivity contribution in [3.05, 3.63) is 45.8 Å². The number of carboxylic acids is 1. The zero-order valence-electron chi connectivity index (χ0n) is 46.6. The number of rotatable bonds is 15. The molecule has 1 aromatic heterocycles. The number of nitrogens with zero attached hydrogens (tertiary/aromatic N) is 3. The molecule has 4 aliphatic heterocycles. The Morgan fingerprint density at radius 2 is 1.68 bits per heavy atom. The van der Waals surface area contributed by atoms with E-state index in [-0.39, 0.29) is 68.1 Å². The Kier molecular flexibility index (Phi) is 20.2. The fourth-order valence-electron chi connectivity index (χ4n) is 11.9. The lowest BCUT2D eigenvalue weighted by Crippen LogP contribution is -2.61. The molecule has 0 amide bonds. The van der Waals surface area contributed by atoms with Gasteiger partial charge in [0.1, 0.15) is 47.9 Å². The highest BCUT2D eigenvalue weighted by atomic mass is 16.7. The number of benzene rings is 1. The number of hydrogen-bond acceptors (Lipinski definition) is 18. The number of methoxy groups -OCH3 is 1. The summed E-state index contributed by atoms with van der Waals surface area (Å²) in [5.41, 5.74) is -4.10. The number of carbonyl (C=O) groups is 2. The summed E-state index contributed by atoms with van der Waals surface area (Å²) in [6, 6.07) is 2.57. The van der Waals surface area contributed by atoms with E-state index in [1.807, 2.05) is 65.6 Å². The van der Waals surface area contributed by atoms with Gasteiger partial charge in [-0.15, -0.1) is 0 Å². The first kappa shape index (κ1) is 60.6. The Morgan fingerprint density at radius 1 is 0.973 bits per heavy atom. The number of hydrogen-bond donors (Lipinski definition) is 5. The molecule has 2 aromatic rings. The van der Waals surface area contributed by atoms with Crippen LogP contribution in [0.3, 0.4) is 0 Å². The lowest BCUT2D eigenvalue weighted by molar-refractivity contribution is -0.321. The topological polar surface area (TPSA) is 247 Å². The summed E-state index contributed by atoms with van der Waals surface area (Å²) >= 11 is 0. The molecule has 18 atom stereocenters. The van der Waals surface area contributed by atoms with Gasteiger partial charge >= 0.3 is 11.9 Å². The van der Waals surface area contributed by atoms with E-state index in [9.17, 15) is 39.9 Å². The highest BCUT2D eigenvalue weighted by molar-refractivity contribution is 5.95. The first-order chi connectivity index (χ1) is 35.1. The van der Waals surface area contributed by atoms with Gasteiger partial charge in [0.15, 0.2) is 12.6 Å². The number of cyclic esters (lactones) is 1. The molecular formula is C55H87N3O17. The van der Waals surface area contributed by atoms with Crippen molar-refractivity contribution in [2.75, 3.05) is 61.2 Å². The molecule has 6 rings (SSSR count). The number of esters is 1. The van der Waals surface area contributed by atoms with E-state index in [0.29, 0.717) is 42.9 Å². The molecule has 20 nitrogen and oxygen atoms in total. The zero-order valence-corrected chi connectivity index (χ0v) is 46.6. The Hall–Kier alpha value is -3.61. The van der Waals surface area contributed by atoms with E-state index < -0.39 is 107 Å². The van der Waals surface area contributed by atoms with Gasteiger partial charge in [-0.05, 0) is 112 Å². The van der Waals surface area contributed by atoms with Crippen LogP contribution in [0.25, 0.3) is 17.0 Å². The lowest BCUT2D eigenvalue weighted by atomic mass is 9.77. The maximum Gasteiger partial charge on any atom is 0.341 e. The first-order valence-corrected chi connectivity index (χ1v) is 26.6. The third-order valence-electron chi connectivity index (χ3n) is 16.2. The number of aromatic nitrogens is 1. The van der Waals surface area contributed by atoms with Crippen molar-refractivity contribution in [2.45, 2.75) is 192 Å². The second-order valence-corrected chi connectivity index (χ2v) is 22.6. The van der Waals surface area contributed by atoms with Gasteiger partial charge in [0.05, 0.1) is 78.8 Å². The highest BCUT2D eigenvalue weighted by Crippen LogP contribution is 2.41. The number of carboxylic acid groups (broad SMARTS) is 1. The van der Waals surface area contributed by atoms with E-state index in [0.717, 1.165) is 0 Å². The predicted octanol–water partition coefficient (Wildman–Crippen LogP) is 4.06. The molecule has 20 heteroatoms. The predicted molar refractivity (Wildman–Crippen MR) is 278 cm³/mol. The van der Waals surface area contributed by atoms with Crippen molar-refractivity contribution in [2.24, 2.45) is 17.8 Å². The van der Waals surface area contributed by atoms with E-state index in [2.05, 4.69) is 0 Å². The first-order valence-electron chi connectivity index (χ1n) is 26.6. The molecule has 5 heterocycles. The molecular weight excluding hydrogens is 975 g/mol. The van der Waals surface area contributed by atoms with Crippen LogP contribution in [0.2, 0.25) is 0 Å².